The first kappa shape index (κ1) is 14.5. The van der Waals surface area contributed by atoms with Crippen molar-refractivity contribution in [3.05, 3.63) is 0 Å². The lowest BCUT2D eigenvalue weighted by atomic mass is 9.86. The molecule has 3 nitrogen and oxygen atoms in total. The van der Waals surface area contributed by atoms with Crippen molar-refractivity contribution in [2.75, 3.05) is 6.54 Å². The van der Waals surface area contributed by atoms with E-state index in [0.717, 1.165) is 38.6 Å². The van der Waals surface area contributed by atoms with Gasteiger partial charge in [-0.15, -0.1) is 0 Å². The molecule has 1 saturated carbocycles. The molecule has 0 bridgehead atoms. The van der Waals surface area contributed by atoms with Crippen LogP contribution in [0.2, 0.25) is 0 Å². The molecule has 0 radical (unpaired) electrons. The largest absolute Gasteiger partial charge is 0.480 e. The van der Waals surface area contributed by atoms with Gasteiger partial charge >= 0.3 is 5.97 Å². The van der Waals surface area contributed by atoms with E-state index in [1.165, 1.54) is 12.8 Å². The Morgan fingerprint density at radius 1 is 1.18 bits per heavy atom. The zero-order valence-electron chi connectivity index (χ0n) is 11.5. The van der Waals surface area contributed by atoms with E-state index in [1.807, 2.05) is 0 Å². The van der Waals surface area contributed by atoms with Crippen molar-refractivity contribution < 1.29 is 9.90 Å². The summed E-state index contributed by atoms with van der Waals surface area (Å²) < 4.78 is 0. The third-order valence-corrected chi connectivity index (χ3v) is 3.73. The normalized spacial score (nSPS) is 16.5. The number of nitrogens with zero attached hydrogens (tertiary/aromatic N) is 1. The molecule has 0 aromatic rings. The van der Waals surface area contributed by atoms with Crippen LogP contribution in [0, 0.1) is 0 Å². The third kappa shape index (κ3) is 3.21. The van der Waals surface area contributed by atoms with Crippen molar-refractivity contribution in [3.8, 4) is 0 Å². The summed E-state index contributed by atoms with van der Waals surface area (Å²) in [4.78, 5) is 14.1. The van der Waals surface area contributed by atoms with Crippen molar-refractivity contribution in [3.63, 3.8) is 0 Å². The summed E-state index contributed by atoms with van der Waals surface area (Å²) >= 11 is 0. The van der Waals surface area contributed by atoms with Crippen LogP contribution in [0.1, 0.15) is 65.7 Å². The van der Waals surface area contributed by atoms with Gasteiger partial charge in [0.05, 0.1) is 0 Å². The highest BCUT2D eigenvalue weighted by molar-refractivity contribution is 5.79. The molecule has 0 aromatic carbocycles. The molecule has 1 rings (SSSR count). The van der Waals surface area contributed by atoms with Crippen LogP contribution in [0.15, 0.2) is 0 Å². The van der Waals surface area contributed by atoms with E-state index in [9.17, 15) is 9.90 Å². The molecule has 100 valence electrons. The van der Waals surface area contributed by atoms with E-state index in [-0.39, 0.29) is 0 Å². The minimum atomic E-state index is -0.610. The van der Waals surface area contributed by atoms with Gasteiger partial charge in [-0.05, 0) is 38.6 Å². The first-order valence-electron chi connectivity index (χ1n) is 7.12. The molecule has 1 N–H and O–H groups in total. The van der Waals surface area contributed by atoms with Gasteiger partial charge in [-0.3, -0.25) is 9.69 Å². The third-order valence-electron chi connectivity index (χ3n) is 3.73. The van der Waals surface area contributed by atoms with Crippen LogP contribution in [0.3, 0.4) is 0 Å². The van der Waals surface area contributed by atoms with Crippen LogP contribution in [0.4, 0.5) is 0 Å². The number of hydrogen-bond acceptors (Lipinski definition) is 2. The quantitative estimate of drug-likeness (QED) is 0.673. The molecule has 0 saturated heterocycles. The smallest absolute Gasteiger partial charge is 0.324 e. The average Bonchev–Trinajstić information content (AvgIpc) is 3.09. The van der Waals surface area contributed by atoms with Gasteiger partial charge in [-0.2, -0.15) is 0 Å². The Labute approximate surface area is 105 Å². The zero-order valence-corrected chi connectivity index (χ0v) is 11.5. The molecule has 17 heavy (non-hydrogen) atoms. The minimum Gasteiger partial charge on any atom is -0.480 e. The van der Waals surface area contributed by atoms with Gasteiger partial charge in [0.25, 0.3) is 0 Å². The Kier molecular flexibility index (Phi) is 5.44. The standard InChI is InChI=1S/C14H27NO2/c1-4-9-14(10-5-2,13(16)17)15(11-6-3)12-7-8-12/h12H,4-11H2,1-3H3,(H,16,17). The van der Waals surface area contributed by atoms with Crippen molar-refractivity contribution in [2.45, 2.75) is 77.3 Å². The molecular formula is C14H27NO2. The van der Waals surface area contributed by atoms with Crippen molar-refractivity contribution in [2.24, 2.45) is 0 Å². The fourth-order valence-electron chi connectivity index (χ4n) is 2.95. The highest BCUT2D eigenvalue weighted by Crippen LogP contribution is 2.38. The van der Waals surface area contributed by atoms with Crippen LogP contribution < -0.4 is 0 Å². The average molecular weight is 241 g/mol. The van der Waals surface area contributed by atoms with E-state index in [1.54, 1.807) is 0 Å². The fraction of sp³-hybridized carbons (Fsp3) is 0.929. The second-order valence-electron chi connectivity index (χ2n) is 5.26. The topological polar surface area (TPSA) is 40.5 Å². The van der Waals surface area contributed by atoms with Crippen LogP contribution in [-0.2, 0) is 4.79 Å². The van der Waals surface area contributed by atoms with Gasteiger partial charge in [0, 0.05) is 6.04 Å². The Hall–Kier alpha value is -0.570. The van der Waals surface area contributed by atoms with Crippen molar-refractivity contribution in [1.29, 1.82) is 0 Å². The maximum Gasteiger partial charge on any atom is 0.324 e. The van der Waals surface area contributed by atoms with Gasteiger partial charge in [0.2, 0.25) is 0 Å². The Balaban J connectivity index is 2.93. The van der Waals surface area contributed by atoms with Crippen LogP contribution in [0.5, 0.6) is 0 Å². The predicted molar refractivity (Wildman–Crippen MR) is 70.2 cm³/mol. The molecule has 1 fully saturated rings. The highest BCUT2D eigenvalue weighted by Gasteiger charge is 2.47. The van der Waals surface area contributed by atoms with E-state index in [4.69, 9.17) is 0 Å². The Morgan fingerprint density at radius 2 is 1.71 bits per heavy atom. The summed E-state index contributed by atoms with van der Waals surface area (Å²) in [7, 11) is 0. The number of carboxylic acids is 1. The second-order valence-corrected chi connectivity index (χ2v) is 5.26. The monoisotopic (exact) mass is 241 g/mol. The molecule has 0 heterocycles. The maximum atomic E-state index is 11.8. The molecule has 3 heteroatoms. The highest BCUT2D eigenvalue weighted by atomic mass is 16.4. The van der Waals surface area contributed by atoms with Gasteiger partial charge in [0.1, 0.15) is 5.54 Å². The molecule has 0 amide bonds. The fourth-order valence-corrected chi connectivity index (χ4v) is 2.95. The number of carboxylic acid groups (broad SMARTS) is 1. The number of rotatable bonds is 9. The van der Waals surface area contributed by atoms with E-state index >= 15 is 0 Å². The molecule has 0 aromatic heterocycles. The number of carbonyl (C=O) groups is 1. The predicted octanol–water partition coefficient (Wildman–Crippen LogP) is 3.28. The van der Waals surface area contributed by atoms with Crippen LogP contribution in [-0.4, -0.2) is 34.1 Å². The summed E-state index contributed by atoms with van der Waals surface area (Å²) in [5.41, 5.74) is -0.597. The summed E-state index contributed by atoms with van der Waals surface area (Å²) in [5, 5.41) is 9.72. The molecule has 1 aliphatic rings. The van der Waals surface area contributed by atoms with Crippen molar-refractivity contribution >= 4 is 5.97 Å². The first-order valence-corrected chi connectivity index (χ1v) is 7.12. The second kappa shape index (κ2) is 6.39. The summed E-state index contributed by atoms with van der Waals surface area (Å²) in [5.74, 6) is -0.610. The zero-order chi connectivity index (χ0) is 12.9. The molecule has 0 spiro atoms. The molecule has 0 atom stereocenters. The summed E-state index contributed by atoms with van der Waals surface area (Å²) in [6.07, 6.45) is 6.86. The molecular weight excluding hydrogens is 214 g/mol. The van der Waals surface area contributed by atoms with Gasteiger partial charge in [-0.1, -0.05) is 33.6 Å². The Morgan fingerprint density at radius 3 is 2.00 bits per heavy atom. The Bertz CT molecular complexity index is 243. The van der Waals surface area contributed by atoms with Gasteiger partial charge in [-0.25, -0.2) is 0 Å². The SMILES string of the molecule is CCCN(C1CC1)C(CCC)(CCC)C(=O)O. The van der Waals surface area contributed by atoms with Crippen LogP contribution >= 0.6 is 0 Å². The van der Waals surface area contributed by atoms with Gasteiger partial charge in [0.15, 0.2) is 0 Å². The maximum absolute atomic E-state index is 11.8. The molecule has 1 aliphatic carbocycles. The summed E-state index contributed by atoms with van der Waals surface area (Å²) in [6.45, 7) is 7.24. The number of hydrogen-bond donors (Lipinski definition) is 1. The van der Waals surface area contributed by atoms with Gasteiger partial charge < -0.3 is 5.11 Å². The molecule has 0 unspecified atom stereocenters. The lowest BCUT2D eigenvalue weighted by Gasteiger charge is -2.41. The first-order chi connectivity index (χ1) is 8.12. The molecule has 0 aliphatic heterocycles. The number of aliphatic carboxylic acids is 1. The summed E-state index contributed by atoms with van der Waals surface area (Å²) in [6, 6.07) is 0.532. The van der Waals surface area contributed by atoms with Crippen molar-refractivity contribution in [1.82, 2.24) is 4.90 Å². The minimum absolute atomic E-state index is 0.532. The lowest BCUT2D eigenvalue weighted by molar-refractivity contribution is -0.154. The van der Waals surface area contributed by atoms with E-state index < -0.39 is 11.5 Å². The van der Waals surface area contributed by atoms with E-state index in [2.05, 4.69) is 25.7 Å². The van der Waals surface area contributed by atoms with E-state index in [0.29, 0.717) is 6.04 Å². The van der Waals surface area contributed by atoms with Crippen LogP contribution in [0.25, 0.3) is 0 Å². The lowest BCUT2D eigenvalue weighted by Crippen LogP contribution is -2.56.